The van der Waals surface area contributed by atoms with E-state index in [4.69, 9.17) is 14.7 Å². The molecular formula is C20H20BrN7O. The number of H-pyrrole nitrogens is 1. The van der Waals surface area contributed by atoms with Crippen LogP contribution in [0.5, 0.6) is 0 Å². The average Bonchev–Trinajstić information content (AvgIpc) is 3.09. The van der Waals surface area contributed by atoms with Gasteiger partial charge >= 0.3 is 0 Å². The molecule has 5 heterocycles. The Morgan fingerprint density at radius 2 is 1.97 bits per heavy atom. The van der Waals surface area contributed by atoms with Gasteiger partial charge in [0.2, 0.25) is 0 Å². The lowest BCUT2D eigenvalue weighted by Crippen LogP contribution is -2.37. The van der Waals surface area contributed by atoms with Crippen LogP contribution in [0.2, 0.25) is 0 Å². The second-order valence-electron chi connectivity index (χ2n) is 6.98. The number of aromatic amines is 1. The van der Waals surface area contributed by atoms with Crippen molar-refractivity contribution in [2.24, 2.45) is 0 Å². The minimum Gasteiger partial charge on any atom is -0.378 e. The summed E-state index contributed by atoms with van der Waals surface area (Å²) in [5, 5.41) is 1.04. The van der Waals surface area contributed by atoms with Crippen LogP contribution in [0.4, 0.5) is 5.82 Å². The van der Waals surface area contributed by atoms with Crippen molar-refractivity contribution >= 4 is 43.9 Å². The predicted octanol–water partition coefficient (Wildman–Crippen LogP) is 3.05. The zero-order valence-corrected chi connectivity index (χ0v) is 17.6. The lowest BCUT2D eigenvalue weighted by molar-refractivity contribution is 0.122. The summed E-state index contributed by atoms with van der Waals surface area (Å²) in [5.41, 5.74) is 4.40. The molecule has 0 unspecified atom stereocenters. The summed E-state index contributed by atoms with van der Waals surface area (Å²) in [7, 11) is 0. The molecule has 8 nitrogen and oxygen atoms in total. The van der Waals surface area contributed by atoms with Gasteiger partial charge in [-0.3, -0.25) is 4.98 Å². The van der Waals surface area contributed by atoms with Crippen molar-refractivity contribution in [1.29, 1.82) is 0 Å². The van der Waals surface area contributed by atoms with Gasteiger partial charge in [-0.15, -0.1) is 0 Å². The Balaban J connectivity index is 1.59. The molecule has 0 aliphatic carbocycles. The summed E-state index contributed by atoms with van der Waals surface area (Å²) in [5.74, 6) is 1.70. The standard InChI is InChI=1S/C20H20BrN7O/c1-2-13-17(21)16-19(25-13)26-15(27-20(16)28-5-7-29-8-6-28)10-12-9-14-18(24-11-12)23-4-3-22-14/h3-4,9,11H,2,5-8,10H2,1H3,(H,25,26,27). The zero-order valence-electron chi connectivity index (χ0n) is 16.0. The number of nitrogens with zero attached hydrogens (tertiary/aromatic N) is 6. The van der Waals surface area contributed by atoms with E-state index in [-0.39, 0.29) is 0 Å². The highest BCUT2D eigenvalue weighted by Crippen LogP contribution is 2.34. The SMILES string of the molecule is CCc1[nH]c2nc(Cc3cnc4nccnc4c3)nc(N3CCOCC3)c2c1Br. The Hall–Kier alpha value is -2.65. The molecule has 1 N–H and O–H groups in total. The normalized spacial score (nSPS) is 14.8. The maximum Gasteiger partial charge on any atom is 0.178 e. The Bertz CT molecular complexity index is 1190. The van der Waals surface area contributed by atoms with Crippen LogP contribution in [-0.4, -0.2) is 56.2 Å². The van der Waals surface area contributed by atoms with E-state index in [2.05, 4.69) is 47.7 Å². The van der Waals surface area contributed by atoms with Gasteiger partial charge in [0.15, 0.2) is 5.65 Å². The number of morpholine rings is 1. The third kappa shape index (κ3) is 3.44. The summed E-state index contributed by atoms with van der Waals surface area (Å²) in [6, 6.07) is 2.00. The molecule has 1 aliphatic heterocycles. The molecule has 0 aromatic carbocycles. The second kappa shape index (κ2) is 7.64. The number of aryl methyl sites for hydroxylation is 1. The van der Waals surface area contributed by atoms with Crippen molar-refractivity contribution in [3.63, 3.8) is 0 Å². The Morgan fingerprint density at radius 1 is 1.14 bits per heavy atom. The topological polar surface area (TPSA) is 92.7 Å². The van der Waals surface area contributed by atoms with E-state index in [1.165, 1.54) is 0 Å². The number of anilines is 1. The van der Waals surface area contributed by atoms with Crippen LogP contribution in [0.15, 0.2) is 29.1 Å². The molecule has 148 valence electrons. The molecule has 0 spiro atoms. The number of hydrogen-bond acceptors (Lipinski definition) is 7. The molecule has 1 fully saturated rings. The lowest BCUT2D eigenvalue weighted by Gasteiger charge is -2.28. The van der Waals surface area contributed by atoms with Gasteiger partial charge in [-0.2, -0.15) is 0 Å². The van der Waals surface area contributed by atoms with Crippen molar-refractivity contribution in [3.8, 4) is 0 Å². The smallest absolute Gasteiger partial charge is 0.178 e. The number of ether oxygens (including phenoxy) is 1. The summed E-state index contributed by atoms with van der Waals surface area (Å²) in [6.07, 6.45) is 6.61. The first kappa shape index (κ1) is 18.4. The highest BCUT2D eigenvalue weighted by molar-refractivity contribution is 9.10. The van der Waals surface area contributed by atoms with E-state index in [1.54, 1.807) is 12.4 Å². The Labute approximate surface area is 175 Å². The number of pyridine rings is 1. The van der Waals surface area contributed by atoms with Gasteiger partial charge < -0.3 is 14.6 Å². The first-order valence-corrected chi connectivity index (χ1v) is 10.5. The molecule has 1 aliphatic rings. The number of nitrogens with one attached hydrogen (secondary N) is 1. The molecule has 1 saturated heterocycles. The lowest BCUT2D eigenvalue weighted by atomic mass is 10.2. The summed E-state index contributed by atoms with van der Waals surface area (Å²) in [4.78, 5) is 28.5. The molecule has 9 heteroatoms. The van der Waals surface area contributed by atoms with Crippen LogP contribution in [-0.2, 0) is 17.6 Å². The van der Waals surface area contributed by atoms with Gasteiger partial charge in [-0.1, -0.05) is 6.92 Å². The second-order valence-corrected chi connectivity index (χ2v) is 7.77. The zero-order chi connectivity index (χ0) is 19.8. The van der Waals surface area contributed by atoms with E-state index >= 15 is 0 Å². The van der Waals surface area contributed by atoms with Gasteiger partial charge in [0.25, 0.3) is 0 Å². The van der Waals surface area contributed by atoms with Crippen molar-refractivity contribution in [3.05, 3.63) is 46.2 Å². The average molecular weight is 454 g/mol. The van der Waals surface area contributed by atoms with E-state index in [0.717, 1.165) is 63.4 Å². The van der Waals surface area contributed by atoms with Crippen LogP contribution < -0.4 is 4.90 Å². The number of halogens is 1. The van der Waals surface area contributed by atoms with Crippen molar-refractivity contribution in [2.75, 3.05) is 31.2 Å². The highest BCUT2D eigenvalue weighted by atomic mass is 79.9. The summed E-state index contributed by atoms with van der Waals surface area (Å²) >= 11 is 3.75. The molecular weight excluding hydrogens is 434 g/mol. The fourth-order valence-corrected chi connectivity index (χ4v) is 4.39. The minimum atomic E-state index is 0.574. The molecule has 0 atom stereocenters. The predicted molar refractivity (Wildman–Crippen MR) is 114 cm³/mol. The van der Waals surface area contributed by atoms with Gasteiger partial charge in [-0.25, -0.2) is 19.9 Å². The number of hydrogen-bond donors (Lipinski definition) is 1. The first-order chi connectivity index (χ1) is 14.2. The Kier molecular flexibility index (Phi) is 4.84. The molecule has 0 radical (unpaired) electrons. The highest BCUT2D eigenvalue weighted by Gasteiger charge is 2.22. The molecule has 5 rings (SSSR count). The molecule has 0 amide bonds. The van der Waals surface area contributed by atoms with E-state index in [1.807, 2.05) is 12.3 Å². The van der Waals surface area contributed by atoms with Crippen molar-refractivity contribution < 1.29 is 4.74 Å². The Morgan fingerprint density at radius 3 is 2.79 bits per heavy atom. The van der Waals surface area contributed by atoms with Crippen LogP contribution in [0.25, 0.3) is 22.2 Å². The van der Waals surface area contributed by atoms with Crippen LogP contribution in [0.3, 0.4) is 0 Å². The van der Waals surface area contributed by atoms with Crippen LogP contribution in [0.1, 0.15) is 24.0 Å². The molecule has 29 heavy (non-hydrogen) atoms. The fraction of sp³-hybridized carbons (Fsp3) is 0.350. The number of fused-ring (bicyclic) bond motifs is 2. The van der Waals surface area contributed by atoms with Crippen molar-refractivity contribution in [1.82, 2.24) is 29.9 Å². The number of aromatic nitrogens is 6. The van der Waals surface area contributed by atoms with Crippen LogP contribution in [0, 0.1) is 0 Å². The van der Waals surface area contributed by atoms with Gasteiger partial charge in [-0.05, 0) is 34.0 Å². The molecule has 4 aromatic heterocycles. The summed E-state index contributed by atoms with van der Waals surface area (Å²) in [6.45, 7) is 5.17. The molecule has 0 bridgehead atoms. The maximum absolute atomic E-state index is 5.53. The van der Waals surface area contributed by atoms with E-state index in [9.17, 15) is 0 Å². The van der Waals surface area contributed by atoms with E-state index < -0.39 is 0 Å². The largest absolute Gasteiger partial charge is 0.378 e. The first-order valence-electron chi connectivity index (χ1n) is 9.68. The molecule has 4 aromatic rings. The number of rotatable bonds is 4. The minimum absolute atomic E-state index is 0.574. The summed E-state index contributed by atoms with van der Waals surface area (Å²) < 4.78 is 6.58. The third-order valence-corrected chi connectivity index (χ3v) is 5.97. The quantitative estimate of drug-likeness (QED) is 0.507. The van der Waals surface area contributed by atoms with Crippen LogP contribution >= 0.6 is 15.9 Å². The van der Waals surface area contributed by atoms with Gasteiger partial charge in [0.05, 0.1) is 23.1 Å². The molecule has 0 saturated carbocycles. The van der Waals surface area contributed by atoms with E-state index in [0.29, 0.717) is 25.3 Å². The monoisotopic (exact) mass is 453 g/mol. The van der Waals surface area contributed by atoms with Crippen molar-refractivity contribution in [2.45, 2.75) is 19.8 Å². The van der Waals surface area contributed by atoms with Gasteiger partial charge in [0.1, 0.15) is 22.8 Å². The van der Waals surface area contributed by atoms with Gasteiger partial charge in [0, 0.05) is 43.8 Å². The maximum atomic E-state index is 5.53. The fourth-order valence-electron chi connectivity index (χ4n) is 3.64. The third-order valence-electron chi connectivity index (χ3n) is 5.10.